The summed E-state index contributed by atoms with van der Waals surface area (Å²) in [5.74, 6) is 0.546. The van der Waals surface area contributed by atoms with Crippen LogP contribution < -0.4 is 11.1 Å². The molecular formula is C12H15N5O. The van der Waals surface area contributed by atoms with Crippen LogP contribution in [0.1, 0.15) is 17.4 Å². The Morgan fingerprint density at radius 3 is 2.83 bits per heavy atom. The van der Waals surface area contributed by atoms with Gasteiger partial charge in [-0.1, -0.05) is 30.3 Å². The number of nitrogens with zero attached hydrogens (tertiary/aromatic N) is 2. The second-order valence-corrected chi connectivity index (χ2v) is 3.86. The van der Waals surface area contributed by atoms with Crippen LogP contribution in [0.2, 0.25) is 0 Å². The fourth-order valence-corrected chi connectivity index (χ4v) is 1.58. The number of aromatic amines is 1. The van der Waals surface area contributed by atoms with Crippen LogP contribution in [-0.2, 0) is 11.2 Å². The van der Waals surface area contributed by atoms with Gasteiger partial charge in [0.05, 0.1) is 0 Å². The van der Waals surface area contributed by atoms with E-state index in [2.05, 4.69) is 20.5 Å². The molecule has 0 fully saturated rings. The van der Waals surface area contributed by atoms with Gasteiger partial charge in [-0.3, -0.25) is 9.89 Å². The van der Waals surface area contributed by atoms with Gasteiger partial charge in [-0.15, -0.1) is 0 Å². The lowest BCUT2D eigenvalue weighted by Crippen LogP contribution is -2.35. The van der Waals surface area contributed by atoms with E-state index in [1.165, 1.54) is 6.33 Å². The first-order chi connectivity index (χ1) is 8.77. The van der Waals surface area contributed by atoms with Crippen LogP contribution in [0, 0.1) is 0 Å². The quantitative estimate of drug-likeness (QED) is 0.699. The average Bonchev–Trinajstić information content (AvgIpc) is 2.92. The molecule has 2 aromatic rings. The van der Waals surface area contributed by atoms with Gasteiger partial charge in [0.2, 0.25) is 5.91 Å². The van der Waals surface area contributed by atoms with Gasteiger partial charge in [-0.25, -0.2) is 4.98 Å². The highest BCUT2D eigenvalue weighted by molar-refractivity contribution is 5.82. The highest BCUT2D eigenvalue weighted by Crippen LogP contribution is 2.08. The highest BCUT2D eigenvalue weighted by atomic mass is 16.2. The minimum atomic E-state index is -0.638. The zero-order valence-corrected chi connectivity index (χ0v) is 9.84. The lowest BCUT2D eigenvalue weighted by atomic mass is 10.1. The Labute approximate surface area is 105 Å². The predicted octanol–water partition coefficient (Wildman–Crippen LogP) is 0.163. The number of nitrogens with two attached hydrogens (primary N) is 1. The summed E-state index contributed by atoms with van der Waals surface area (Å²) in [6, 6.07) is 8.63. The Bertz CT molecular complexity index is 482. The Balaban J connectivity index is 1.81. The molecule has 1 aromatic heterocycles. The second-order valence-electron chi connectivity index (χ2n) is 3.86. The van der Waals surface area contributed by atoms with E-state index in [-0.39, 0.29) is 5.91 Å². The number of hydrogen-bond donors (Lipinski definition) is 3. The van der Waals surface area contributed by atoms with E-state index < -0.39 is 6.04 Å². The van der Waals surface area contributed by atoms with Crippen molar-refractivity contribution in [2.45, 2.75) is 12.5 Å². The monoisotopic (exact) mass is 245 g/mol. The molecule has 4 N–H and O–H groups in total. The summed E-state index contributed by atoms with van der Waals surface area (Å²) in [6.07, 6.45) is 2.04. The summed E-state index contributed by atoms with van der Waals surface area (Å²) in [4.78, 5) is 15.8. The van der Waals surface area contributed by atoms with E-state index >= 15 is 0 Å². The molecule has 1 amide bonds. The molecule has 0 radical (unpaired) electrons. The molecule has 6 nitrogen and oxygen atoms in total. The largest absolute Gasteiger partial charge is 0.354 e. The number of hydrogen-bond acceptors (Lipinski definition) is 4. The van der Waals surface area contributed by atoms with Crippen LogP contribution in [0.5, 0.6) is 0 Å². The van der Waals surface area contributed by atoms with Gasteiger partial charge in [-0.05, 0) is 5.56 Å². The lowest BCUT2D eigenvalue weighted by molar-refractivity contribution is -0.122. The van der Waals surface area contributed by atoms with Crippen LogP contribution in [0.25, 0.3) is 0 Å². The van der Waals surface area contributed by atoms with Crippen LogP contribution in [-0.4, -0.2) is 27.6 Å². The molecule has 0 aliphatic heterocycles. The van der Waals surface area contributed by atoms with Crippen LogP contribution in [0.4, 0.5) is 0 Å². The Morgan fingerprint density at radius 1 is 1.39 bits per heavy atom. The van der Waals surface area contributed by atoms with Gasteiger partial charge in [0.15, 0.2) is 0 Å². The number of amides is 1. The van der Waals surface area contributed by atoms with Crippen molar-refractivity contribution in [3.63, 3.8) is 0 Å². The van der Waals surface area contributed by atoms with Gasteiger partial charge in [0, 0.05) is 13.0 Å². The summed E-state index contributed by atoms with van der Waals surface area (Å²) >= 11 is 0. The first-order valence-electron chi connectivity index (χ1n) is 5.70. The molecule has 6 heteroatoms. The molecule has 0 unspecified atom stereocenters. The standard InChI is InChI=1S/C12H15N5O/c13-11(9-4-2-1-3-5-9)12(18)14-7-6-10-15-8-16-17-10/h1-5,8,11H,6-7,13H2,(H,14,18)(H,15,16,17)/t11-/m1/s1. The molecule has 0 spiro atoms. The third-order valence-electron chi connectivity index (χ3n) is 2.57. The first-order valence-corrected chi connectivity index (χ1v) is 5.70. The molecule has 0 bridgehead atoms. The van der Waals surface area contributed by atoms with Gasteiger partial charge < -0.3 is 11.1 Å². The van der Waals surface area contributed by atoms with E-state index in [9.17, 15) is 4.79 Å². The first kappa shape index (κ1) is 12.3. The number of benzene rings is 1. The van der Waals surface area contributed by atoms with Crippen molar-refractivity contribution in [1.82, 2.24) is 20.5 Å². The normalized spacial score (nSPS) is 12.1. The van der Waals surface area contributed by atoms with Crippen molar-refractivity contribution in [2.75, 3.05) is 6.54 Å². The molecule has 94 valence electrons. The zero-order valence-electron chi connectivity index (χ0n) is 9.84. The predicted molar refractivity (Wildman–Crippen MR) is 66.5 cm³/mol. The highest BCUT2D eigenvalue weighted by Gasteiger charge is 2.14. The molecule has 0 aliphatic rings. The number of rotatable bonds is 5. The average molecular weight is 245 g/mol. The van der Waals surface area contributed by atoms with Crippen molar-refractivity contribution in [3.8, 4) is 0 Å². The Hall–Kier alpha value is -2.21. The smallest absolute Gasteiger partial charge is 0.241 e. The molecule has 0 aliphatic carbocycles. The maximum absolute atomic E-state index is 11.8. The molecule has 18 heavy (non-hydrogen) atoms. The van der Waals surface area contributed by atoms with E-state index in [4.69, 9.17) is 5.73 Å². The van der Waals surface area contributed by atoms with Crippen molar-refractivity contribution in [1.29, 1.82) is 0 Å². The van der Waals surface area contributed by atoms with Gasteiger partial charge in [-0.2, -0.15) is 5.10 Å². The molecule has 1 atom stereocenters. The van der Waals surface area contributed by atoms with Crippen molar-refractivity contribution in [2.24, 2.45) is 5.73 Å². The van der Waals surface area contributed by atoms with Gasteiger partial charge in [0.1, 0.15) is 18.2 Å². The lowest BCUT2D eigenvalue weighted by Gasteiger charge is -2.11. The molecular weight excluding hydrogens is 230 g/mol. The van der Waals surface area contributed by atoms with Crippen molar-refractivity contribution in [3.05, 3.63) is 48.0 Å². The van der Waals surface area contributed by atoms with Crippen LogP contribution in [0.3, 0.4) is 0 Å². The van der Waals surface area contributed by atoms with Crippen molar-refractivity contribution >= 4 is 5.91 Å². The molecule has 0 saturated heterocycles. The van der Waals surface area contributed by atoms with Crippen LogP contribution >= 0.6 is 0 Å². The number of aromatic nitrogens is 3. The van der Waals surface area contributed by atoms with E-state index in [1.807, 2.05) is 30.3 Å². The fraction of sp³-hybridized carbons (Fsp3) is 0.250. The van der Waals surface area contributed by atoms with Crippen molar-refractivity contribution < 1.29 is 4.79 Å². The summed E-state index contributed by atoms with van der Waals surface area (Å²) in [5.41, 5.74) is 6.65. The number of carbonyl (C=O) groups is 1. The third kappa shape index (κ3) is 3.14. The number of H-pyrrole nitrogens is 1. The summed E-state index contributed by atoms with van der Waals surface area (Å²) in [7, 11) is 0. The minimum absolute atomic E-state index is 0.194. The van der Waals surface area contributed by atoms with Gasteiger partial charge in [0.25, 0.3) is 0 Å². The maximum atomic E-state index is 11.8. The summed E-state index contributed by atoms with van der Waals surface area (Å²) in [6.45, 7) is 0.481. The molecule has 1 aromatic carbocycles. The zero-order chi connectivity index (χ0) is 12.8. The molecule has 2 rings (SSSR count). The molecule has 0 saturated carbocycles. The van der Waals surface area contributed by atoms with E-state index in [0.717, 1.165) is 11.4 Å². The SMILES string of the molecule is N[C@@H](C(=O)NCCc1ncn[nH]1)c1ccccc1. The third-order valence-corrected chi connectivity index (χ3v) is 2.57. The topological polar surface area (TPSA) is 96.7 Å². The molecule has 1 heterocycles. The number of nitrogens with one attached hydrogen (secondary N) is 2. The Kier molecular flexibility index (Phi) is 4.03. The van der Waals surface area contributed by atoms with Crippen LogP contribution in [0.15, 0.2) is 36.7 Å². The Morgan fingerprint density at radius 2 is 2.17 bits per heavy atom. The second kappa shape index (κ2) is 5.92. The fourth-order valence-electron chi connectivity index (χ4n) is 1.58. The summed E-state index contributed by atoms with van der Waals surface area (Å²) in [5, 5.41) is 9.22. The van der Waals surface area contributed by atoms with Gasteiger partial charge >= 0.3 is 0 Å². The minimum Gasteiger partial charge on any atom is -0.354 e. The maximum Gasteiger partial charge on any atom is 0.241 e. The summed E-state index contributed by atoms with van der Waals surface area (Å²) < 4.78 is 0. The van der Waals surface area contributed by atoms with E-state index in [0.29, 0.717) is 13.0 Å². The van der Waals surface area contributed by atoms with E-state index in [1.54, 1.807) is 0 Å². The number of carbonyl (C=O) groups excluding carboxylic acids is 1.